The number of carbonyl (C=O) groups is 2. The van der Waals surface area contributed by atoms with Crippen molar-refractivity contribution in [3.8, 4) is 0 Å². The van der Waals surface area contributed by atoms with Crippen LogP contribution in [0.1, 0.15) is 50.5 Å². The summed E-state index contributed by atoms with van der Waals surface area (Å²) in [5, 5.41) is 6.05. The summed E-state index contributed by atoms with van der Waals surface area (Å²) >= 11 is 0. The van der Waals surface area contributed by atoms with Gasteiger partial charge in [-0.15, -0.1) is 0 Å². The summed E-state index contributed by atoms with van der Waals surface area (Å²) in [4.78, 5) is 23.6. The third-order valence-corrected chi connectivity index (χ3v) is 4.09. The SMILES string of the molecule is CC(=O)c1ccc(NC(=O)[C@@H](C)Nc2ccc(C(C)(C)C)cc2)cc1. The second-order valence-electron chi connectivity index (χ2n) is 7.32. The van der Waals surface area contributed by atoms with Crippen molar-refractivity contribution in [3.63, 3.8) is 0 Å². The first kappa shape index (κ1) is 18.7. The number of Topliss-reactive ketones (excluding diaryl/α,β-unsaturated/α-hetero) is 1. The van der Waals surface area contributed by atoms with E-state index < -0.39 is 0 Å². The van der Waals surface area contributed by atoms with Gasteiger partial charge in [-0.25, -0.2) is 0 Å². The summed E-state index contributed by atoms with van der Waals surface area (Å²) in [6.45, 7) is 9.84. The number of rotatable bonds is 5. The van der Waals surface area contributed by atoms with Crippen LogP contribution in [-0.4, -0.2) is 17.7 Å². The zero-order valence-corrected chi connectivity index (χ0v) is 15.5. The van der Waals surface area contributed by atoms with Gasteiger partial charge >= 0.3 is 0 Å². The molecule has 0 aromatic heterocycles. The van der Waals surface area contributed by atoms with E-state index in [4.69, 9.17) is 0 Å². The van der Waals surface area contributed by atoms with Crippen LogP contribution in [0.5, 0.6) is 0 Å². The van der Waals surface area contributed by atoms with Gasteiger partial charge in [-0.1, -0.05) is 32.9 Å². The zero-order valence-electron chi connectivity index (χ0n) is 15.5. The van der Waals surface area contributed by atoms with E-state index in [0.717, 1.165) is 5.69 Å². The lowest BCUT2D eigenvalue weighted by molar-refractivity contribution is -0.116. The maximum atomic E-state index is 12.3. The molecule has 4 nitrogen and oxygen atoms in total. The molecule has 0 unspecified atom stereocenters. The van der Waals surface area contributed by atoms with E-state index in [2.05, 4.69) is 43.5 Å². The minimum atomic E-state index is -0.382. The molecule has 0 saturated heterocycles. The predicted molar refractivity (Wildman–Crippen MR) is 103 cm³/mol. The van der Waals surface area contributed by atoms with Crippen molar-refractivity contribution in [2.45, 2.75) is 46.1 Å². The monoisotopic (exact) mass is 338 g/mol. The summed E-state index contributed by atoms with van der Waals surface area (Å²) in [5.41, 5.74) is 3.56. The van der Waals surface area contributed by atoms with Gasteiger partial charge in [-0.05, 0) is 61.2 Å². The van der Waals surface area contributed by atoms with Crippen LogP contribution in [-0.2, 0) is 10.2 Å². The number of amides is 1. The van der Waals surface area contributed by atoms with Crippen LogP contribution in [0.4, 0.5) is 11.4 Å². The lowest BCUT2D eigenvalue weighted by Gasteiger charge is -2.20. The molecule has 0 spiro atoms. The number of ketones is 1. The lowest BCUT2D eigenvalue weighted by Crippen LogP contribution is -2.31. The summed E-state index contributed by atoms with van der Waals surface area (Å²) in [5.74, 6) is -0.123. The molecule has 0 aliphatic carbocycles. The average molecular weight is 338 g/mol. The Kier molecular flexibility index (Phi) is 5.62. The van der Waals surface area contributed by atoms with Crippen molar-refractivity contribution < 1.29 is 9.59 Å². The van der Waals surface area contributed by atoms with Gasteiger partial charge < -0.3 is 10.6 Å². The molecule has 4 heteroatoms. The number of anilines is 2. The minimum Gasteiger partial charge on any atom is -0.374 e. The van der Waals surface area contributed by atoms with Crippen LogP contribution in [0.3, 0.4) is 0 Å². The van der Waals surface area contributed by atoms with Gasteiger partial charge in [0.1, 0.15) is 6.04 Å². The second-order valence-corrected chi connectivity index (χ2v) is 7.32. The maximum Gasteiger partial charge on any atom is 0.246 e. The van der Waals surface area contributed by atoms with Crippen molar-refractivity contribution in [2.24, 2.45) is 0 Å². The Hall–Kier alpha value is -2.62. The molecule has 2 aromatic carbocycles. The molecule has 25 heavy (non-hydrogen) atoms. The van der Waals surface area contributed by atoms with Crippen LogP contribution < -0.4 is 10.6 Å². The Morgan fingerprint density at radius 3 is 1.88 bits per heavy atom. The fraction of sp³-hybridized carbons (Fsp3) is 0.333. The molecular formula is C21H26N2O2. The molecule has 0 aliphatic rings. The Bertz CT molecular complexity index is 741. The maximum absolute atomic E-state index is 12.3. The van der Waals surface area contributed by atoms with Crippen molar-refractivity contribution in [1.82, 2.24) is 0 Å². The largest absolute Gasteiger partial charge is 0.374 e. The van der Waals surface area contributed by atoms with Gasteiger partial charge in [0.05, 0.1) is 0 Å². The van der Waals surface area contributed by atoms with E-state index in [0.29, 0.717) is 11.3 Å². The third kappa shape index (κ3) is 5.18. The summed E-state index contributed by atoms with van der Waals surface area (Å²) < 4.78 is 0. The van der Waals surface area contributed by atoms with Gasteiger partial charge in [0.25, 0.3) is 0 Å². The molecule has 0 fully saturated rings. The van der Waals surface area contributed by atoms with Crippen LogP contribution >= 0.6 is 0 Å². The number of carbonyl (C=O) groups excluding carboxylic acids is 2. The van der Waals surface area contributed by atoms with Gasteiger partial charge in [0.2, 0.25) is 5.91 Å². The Morgan fingerprint density at radius 1 is 0.880 bits per heavy atom. The topological polar surface area (TPSA) is 58.2 Å². The summed E-state index contributed by atoms with van der Waals surface area (Å²) in [7, 11) is 0. The molecule has 0 radical (unpaired) electrons. The molecule has 0 saturated carbocycles. The van der Waals surface area contributed by atoms with E-state index in [1.165, 1.54) is 12.5 Å². The number of nitrogens with one attached hydrogen (secondary N) is 2. The first-order chi connectivity index (χ1) is 11.7. The summed E-state index contributed by atoms with van der Waals surface area (Å²) in [6, 6.07) is 14.6. The minimum absolute atomic E-state index is 0.00612. The average Bonchev–Trinajstić information content (AvgIpc) is 2.55. The number of hydrogen-bond donors (Lipinski definition) is 2. The molecule has 132 valence electrons. The van der Waals surface area contributed by atoms with Crippen molar-refractivity contribution in [2.75, 3.05) is 10.6 Å². The standard InChI is InChI=1S/C21H26N2O2/c1-14(22-18-12-8-17(9-13-18)21(3,4)5)20(25)23-19-10-6-16(7-11-19)15(2)24/h6-14,22H,1-5H3,(H,23,25)/t14-/m1/s1. The van der Waals surface area contributed by atoms with Crippen LogP contribution in [0.25, 0.3) is 0 Å². The van der Waals surface area contributed by atoms with E-state index in [1.54, 1.807) is 24.3 Å². The van der Waals surface area contributed by atoms with E-state index in [1.807, 2.05) is 19.1 Å². The second kappa shape index (κ2) is 7.51. The van der Waals surface area contributed by atoms with Gasteiger partial charge in [0.15, 0.2) is 5.78 Å². The van der Waals surface area contributed by atoms with Crippen molar-refractivity contribution >= 4 is 23.1 Å². The van der Waals surface area contributed by atoms with E-state index >= 15 is 0 Å². The van der Waals surface area contributed by atoms with E-state index in [-0.39, 0.29) is 23.1 Å². The molecule has 0 aliphatic heterocycles. The third-order valence-electron chi connectivity index (χ3n) is 4.09. The Labute approximate surface area is 149 Å². The summed E-state index contributed by atoms with van der Waals surface area (Å²) in [6.07, 6.45) is 0. The highest BCUT2D eigenvalue weighted by molar-refractivity contribution is 5.97. The van der Waals surface area contributed by atoms with Gasteiger partial charge in [-0.2, -0.15) is 0 Å². The molecule has 0 bridgehead atoms. The highest BCUT2D eigenvalue weighted by atomic mass is 16.2. The normalized spacial score (nSPS) is 12.4. The lowest BCUT2D eigenvalue weighted by atomic mass is 9.87. The Balaban J connectivity index is 1.96. The van der Waals surface area contributed by atoms with Gasteiger partial charge in [0, 0.05) is 16.9 Å². The molecule has 0 heterocycles. The quantitative estimate of drug-likeness (QED) is 0.782. The van der Waals surface area contributed by atoms with Crippen molar-refractivity contribution in [3.05, 3.63) is 59.7 Å². The fourth-order valence-electron chi connectivity index (χ4n) is 2.42. The number of benzene rings is 2. The highest BCUT2D eigenvalue weighted by Gasteiger charge is 2.15. The highest BCUT2D eigenvalue weighted by Crippen LogP contribution is 2.23. The predicted octanol–water partition coefficient (Wildman–Crippen LogP) is 4.63. The molecule has 2 aromatic rings. The first-order valence-corrected chi connectivity index (χ1v) is 8.46. The smallest absolute Gasteiger partial charge is 0.246 e. The van der Waals surface area contributed by atoms with Gasteiger partial charge in [-0.3, -0.25) is 9.59 Å². The number of hydrogen-bond acceptors (Lipinski definition) is 3. The van der Waals surface area contributed by atoms with E-state index in [9.17, 15) is 9.59 Å². The molecule has 2 rings (SSSR count). The zero-order chi connectivity index (χ0) is 18.6. The van der Waals surface area contributed by atoms with Crippen molar-refractivity contribution in [1.29, 1.82) is 0 Å². The molecule has 1 amide bonds. The van der Waals surface area contributed by atoms with Crippen LogP contribution in [0.15, 0.2) is 48.5 Å². The van der Waals surface area contributed by atoms with Crippen LogP contribution in [0, 0.1) is 0 Å². The molecular weight excluding hydrogens is 312 g/mol. The fourth-order valence-corrected chi connectivity index (χ4v) is 2.42. The molecule has 1 atom stereocenters. The first-order valence-electron chi connectivity index (χ1n) is 8.46. The Morgan fingerprint density at radius 2 is 1.40 bits per heavy atom. The van der Waals surface area contributed by atoms with Crippen LogP contribution in [0.2, 0.25) is 0 Å². The molecule has 2 N–H and O–H groups in total.